The molecule has 20 heavy (non-hydrogen) atoms. The molecule has 0 fully saturated rings. The number of nitrogens with two attached hydrogens (primary N) is 2. The molecule has 1 rings (SSSR count). The van der Waals surface area contributed by atoms with Gasteiger partial charge in [-0.3, -0.25) is 4.79 Å². The van der Waals surface area contributed by atoms with Crippen molar-refractivity contribution in [3.63, 3.8) is 0 Å². The molecule has 0 radical (unpaired) electrons. The van der Waals surface area contributed by atoms with Crippen molar-refractivity contribution in [2.45, 2.75) is 45.6 Å². The van der Waals surface area contributed by atoms with Gasteiger partial charge in [0.25, 0.3) is 0 Å². The van der Waals surface area contributed by atoms with Gasteiger partial charge in [0.2, 0.25) is 5.91 Å². The lowest BCUT2D eigenvalue weighted by Gasteiger charge is -2.21. The molecule has 112 valence electrons. The summed E-state index contributed by atoms with van der Waals surface area (Å²) < 4.78 is 6.54. The maximum absolute atomic E-state index is 10.7. The van der Waals surface area contributed by atoms with Crippen LogP contribution in [0.3, 0.4) is 0 Å². The molecule has 0 aliphatic heterocycles. The van der Waals surface area contributed by atoms with E-state index in [1.807, 2.05) is 19.9 Å². The molecular formula is C15H23BrN2O2. The number of hydrogen-bond acceptors (Lipinski definition) is 3. The Morgan fingerprint density at radius 2 is 2.05 bits per heavy atom. The maximum Gasteiger partial charge on any atom is 0.217 e. The zero-order valence-electron chi connectivity index (χ0n) is 12.3. The number of halogens is 1. The third kappa shape index (κ3) is 4.21. The Balaban J connectivity index is 2.86. The molecule has 0 aliphatic carbocycles. The SMILES string of the molecule is COc1c(C)cc(Br)c(C)c1C(N)CCCCC(N)=O. The maximum atomic E-state index is 10.7. The van der Waals surface area contributed by atoms with E-state index < -0.39 is 0 Å². The van der Waals surface area contributed by atoms with E-state index in [0.717, 1.165) is 46.2 Å². The van der Waals surface area contributed by atoms with Crippen LogP contribution in [0.5, 0.6) is 5.75 Å². The zero-order valence-corrected chi connectivity index (χ0v) is 13.9. The first-order valence-electron chi connectivity index (χ1n) is 6.76. The van der Waals surface area contributed by atoms with Gasteiger partial charge >= 0.3 is 0 Å². The largest absolute Gasteiger partial charge is 0.496 e. The summed E-state index contributed by atoms with van der Waals surface area (Å²) in [7, 11) is 1.67. The van der Waals surface area contributed by atoms with E-state index in [2.05, 4.69) is 15.9 Å². The lowest BCUT2D eigenvalue weighted by Crippen LogP contribution is -2.15. The van der Waals surface area contributed by atoms with E-state index in [-0.39, 0.29) is 11.9 Å². The first kappa shape index (κ1) is 17.0. The molecule has 0 aliphatic rings. The predicted octanol–water partition coefficient (Wildman–Crippen LogP) is 3.12. The molecule has 0 saturated heterocycles. The van der Waals surface area contributed by atoms with Gasteiger partial charge in [0.05, 0.1) is 7.11 Å². The first-order chi connectivity index (χ1) is 9.38. The van der Waals surface area contributed by atoms with Crippen LogP contribution < -0.4 is 16.2 Å². The highest BCUT2D eigenvalue weighted by Crippen LogP contribution is 2.37. The number of primary amides is 1. The minimum Gasteiger partial charge on any atom is -0.496 e. The molecule has 0 heterocycles. The van der Waals surface area contributed by atoms with E-state index in [1.54, 1.807) is 7.11 Å². The first-order valence-corrected chi connectivity index (χ1v) is 7.55. The average Bonchev–Trinajstić information content (AvgIpc) is 2.38. The number of carbonyl (C=O) groups excluding carboxylic acids is 1. The van der Waals surface area contributed by atoms with Gasteiger partial charge in [0.15, 0.2) is 0 Å². The van der Waals surface area contributed by atoms with Crippen molar-refractivity contribution in [3.05, 3.63) is 27.2 Å². The van der Waals surface area contributed by atoms with Crippen molar-refractivity contribution >= 4 is 21.8 Å². The molecule has 1 aromatic rings. The Morgan fingerprint density at radius 1 is 1.40 bits per heavy atom. The molecule has 5 heteroatoms. The Morgan fingerprint density at radius 3 is 2.60 bits per heavy atom. The second-order valence-electron chi connectivity index (χ2n) is 5.07. The summed E-state index contributed by atoms with van der Waals surface area (Å²) in [5.41, 5.74) is 14.7. The van der Waals surface area contributed by atoms with Gasteiger partial charge < -0.3 is 16.2 Å². The van der Waals surface area contributed by atoms with Crippen LogP contribution in [-0.4, -0.2) is 13.0 Å². The summed E-state index contributed by atoms with van der Waals surface area (Å²) >= 11 is 3.56. The van der Waals surface area contributed by atoms with E-state index in [0.29, 0.717) is 6.42 Å². The summed E-state index contributed by atoms with van der Waals surface area (Å²) in [5.74, 6) is 0.596. The van der Waals surface area contributed by atoms with Crippen molar-refractivity contribution in [1.29, 1.82) is 0 Å². The molecular weight excluding hydrogens is 320 g/mol. The van der Waals surface area contributed by atoms with Crippen LogP contribution in [-0.2, 0) is 4.79 Å². The summed E-state index contributed by atoms with van der Waals surface area (Å²) in [5, 5.41) is 0. The molecule has 0 bridgehead atoms. The van der Waals surface area contributed by atoms with Crippen LogP contribution in [0.1, 0.15) is 48.4 Å². The number of unbranched alkanes of at least 4 members (excludes halogenated alkanes) is 1. The number of aryl methyl sites for hydroxylation is 1. The second kappa shape index (κ2) is 7.64. The molecule has 1 atom stereocenters. The van der Waals surface area contributed by atoms with Crippen LogP contribution in [0, 0.1) is 13.8 Å². The Kier molecular flexibility index (Phi) is 6.49. The van der Waals surface area contributed by atoms with E-state index in [1.165, 1.54) is 0 Å². The quantitative estimate of drug-likeness (QED) is 0.747. The normalized spacial score (nSPS) is 12.2. The Bertz CT molecular complexity index is 489. The summed E-state index contributed by atoms with van der Waals surface area (Å²) in [6.45, 7) is 4.04. The number of carbonyl (C=O) groups is 1. The van der Waals surface area contributed by atoms with Crippen LogP contribution in [0.2, 0.25) is 0 Å². The third-order valence-electron chi connectivity index (χ3n) is 3.47. The number of ether oxygens (including phenoxy) is 1. The fraction of sp³-hybridized carbons (Fsp3) is 0.533. The van der Waals surface area contributed by atoms with Gasteiger partial charge in [-0.15, -0.1) is 0 Å². The van der Waals surface area contributed by atoms with Crippen molar-refractivity contribution in [1.82, 2.24) is 0 Å². The number of hydrogen-bond donors (Lipinski definition) is 2. The standard InChI is InChI=1S/C15H23BrN2O2/c1-9-8-11(16)10(2)14(15(9)20-3)12(17)6-4-5-7-13(18)19/h8,12H,4-7,17H2,1-3H3,(H2,18,19). The van der Waals surface area contributed by atoms with Crippen LogP contribution >= 0.6 is 15.9 Å². The van der Waals surface area contributed by atoms with Crippen molar-refractivity contribution < 1.29 is 9.53 Å². The molecule has 1 aromatic carbocycles. The number of benzene rings is 1. The molecule has 0 spiro atoms. The number of rotatable bonds is 7. The van der Waals surface area contributed by atoms with E-state index in [9.17, 15) is 4.79 Å². The van der Waals surface area contributed by atoms with Crippen LogP contribution in [0.4, 0.5) is 0 Å². The minimum atomic E-state index is -0.259. The van der Waals surface area contributed by atoms with Crippen LogP contribution in [0.15, 0.2) is 10.5 Å². The molecule has 1 amide bonds. The second-order valence-corrected chi connectivity index (χ2v) is 5.92. The van der Waals surface area contributed by atoms with E-state index >= 15 is 0 Å². The molecule has 4 N–H and O–H groups in total. The molecule has 0 saturated carbocycles. The summed E-state index contributed by atoms with van der Waals surface area (Å²) in [6.07, 6.45) is 2.87. The monoisotopic (exact) mass is 342 g/mol. The predicted molar refractivity (Wildman–Crippen MR) is 84.8 cm³/mol. The average molecular weight is 343 g/mol. The van der Waals surface area contributed by atoms with Crippen molar-refractivity contribution in [2.75, 3.05) is 7.11 Å². The molecule has 0 aromatic heterocycles. The lowest BCUT2D eigenvalue weighted by atomic mass is 9.94. The number of methoxy groups -OCH3 is 1. The van der Waals surface area contributed by atoms with Gasteiger partial charge in [0, 0.05) is 22.5 Å². The van der Waals surface area contributed by atoms with Gasteiger partial charge in [-0.1, -0.05) is 22.4 Å². The summed E-state index contributed by atoms with van der Waals surface area (Å²) in [6, 6.07) is 1.94. The van der Waals surface area contributed by atoms with Crippen LogP contribution in [0.25, 0.3) is 0 Å². The van der Waals surface area contributed by atoms with Gasteiger partial charge in [-0.25, -0.2) is 0 Å². The minimum absolute atomic E-state index is 0.103. The smallest absolute Gasteiger partial charge is 0.217 e. The van der Waals surface area contributed by atoms with Gasteiger partial charge in [0.1, 0.15) is 5.75 Å². The fourth-order valence-corrected chi connectivity index (χ4v) is 2.96. The highest BCUT2D eigenvalue weighted by molar-refractivity contribution is 9.10. The highest BCUT2D eigenvalue weighted by Gasteiger charge is 2.18. The Hall–Kier alpha value is -1.07. The van der Waals surface area contributed by atoms with Gasteiger partial charge in [-0.05, 0) is 43.9 Å². The van der Waals surface area contributed by atoms with Crippen molar-refractivity contribution in [2.24, 2.45) is 11.5 Å². The third-order valence-corrected chi connectivity index (χ3v) is 4.30. The van der Waals surface area contributed by atoms with Gasteiger partial charge in [-0.2, -0.15) is 0 Å². The topological polar surface area (TPSA) is 78.3 Å². The number of amides is 1. The Labute approximate surface area is 129 Å². The fourth-order valence-electron chi connectivity index (χ4n) is 2.40. The summed E-state index contributed by atoms with van der Waals surface area (Å²) in [4.78, 5) is 10.7. The lowest BCUT2D eigenvalue weighted by molar-refractivity contribution is -0.118. The van der Waals surface area contributed by atoms with E-state index in [4.69, 9.17) is 16.2 Å². The zero-order chi connectivity index (χ0) is 15.3. The van der Waals surface area contributed by atoms with Crippen molar-refractivity contribution in [3.8, 4) is 5.75 Å². The highest BCUT2D eigenvalue weighted by atomic mass is 79.9. The molecule has 4 nitrogen and oxygen atoms in total. The molecule has 1 unspecified atom stereocenters.